The molecule has 1 N–H and O–H groups in total. The Hall–Kier alpha value is -1.75. The van der Waals surface area contributed by atoms with Crippen molar-refractivity contribution >= 4 is 23.4 Å². The van der Waals surface area contributed by atoms with Crippen LogP contribution in [0, 0.1) is 0 Å². The van der Waals surface area contributed by atoms with Crippen LogP contribution < -0.4 is 10.1 Å². The van der Waals surface area contributed by atoms with Gasteiger partial charge in [-0.2, -0.15) is 0 Å². The molecule has 1 atom stereocenters. The van der Waals surface area contributed by atoms with Gasteiger partial charge in [0.1, 0.15) is 11.8 Å². The zero-order chi connectivity index (χ0) is 15.4. The molecule has 1 unspecified atom stereocenters. The number of amides is 2. The molecule has 1 aromatic carbocycles. The molecule has 2 rings (SSSR count). The van der Waals surface area contributed by atoms with Crippen LogP contribution in [0.3, 0.4) is 0 Å². The number of piperazine rings is 1. The molecule has 0 aliphatic carbocycles. The first-order valence-electron chi connectivity index (χ1n) is 6.95. The van der Waals surface area contributed by atoms with E-state index in [9.17, 15) is 9.59 Å². The average Bonchev–Trinajstić information content (AvgIpc) is 2.44. The molecule has 1 fully saturated rings. The van der Waals surface area contributed by atoms with Gasteiger partial charge in [-0.15, -0.1) is 0 Å². The predicted octanol–water partition coefficient (Wildman–Crippen LogP) is 1.98. The van der Waals surface area contributed by atoms with E-state index in [1.165, 1.54) is 0 Å². The van der Waals surface area contributed by atoms with Gasteiger partial charge >= 0.3 is 0 Å². The Labute approximate surface area is 129 Å². The van der Waals surface area contributed by atoms with Gasteiger partial charge in [0.05, 0.1) is 13.7 Å². The fourth-order valence-electron chi connectivity index (χ4n) is 2.47. The predicted molar refractivity (Wildman–Crippen MR) is 80.3 cm³/mol. The third kappa shape index (κ3) is 3.67. The summed E-state index contributed by atoms with van der Waals surface area (Å²) < 4.78 is 5.28. The van der Waals surface area contributed by atoms with Crippen LogP contribution >= 0.6 is 11.6 Å². The van der Waals surface area contributed by atoms with Gasteiger partial charge in [-0.05, 0) is 24.6 Å². The van der Waals surface area contributed by atoms with Crippen molar-refractivity contribution in [3.63, 3.8) is 0 Å². The molecule has 1 saturated heterocycles. The van der Waals surface area contributed by atoms with Crippen molar-refractivity contribution in [1.82, 2.24) is 10.2 Å². The van der Waals surface area contributed by atoms with Gasteiger partial charge in [-0.1, -0.05) is 24.9 Å². The van der Waals surface area contributed by atoms with E-state index in [1.807, 2.05) is 6.92 Å². The number of hydrogen-bond acceptors (Lipinski definition) is 3. The van der Waals surface area contributed by atoms with Crippen molar-refractivity contribution in [2.45, 2.75) is 32.4 Å². The summed E-state index contributed by atoms with van der Waals surface area (Å²) in [6.07, 6.45) is 1.48. The fourth-order valence-corrected chi connectivity index (χ4v) is 2.66. The summed E-state index contributed by atoms with van der Waals surface area (Å²) in [5.41, 5.74) is 0.795. The standard InChI is InChI=1S/C15H19ClN2O3/c1-3-4-12-15(20)18(9-14(19)17-12)8-10-7-11(16)5-6-13(10)21-2/h5-7,12H,3-4,8-9H2,1-2H3,(H,17,19). The minimum absolute atomic E-state index is 0.0570. The van der Waals surface area contributed by atoms with E-state index in [0.717, 1.165) is 12.0 Å². The lowest BCUT2D eigenvalue weighted by Crippen LogP contribution is -2.57. The van der Waals surface area contributed by atoms with Crippen molar-refractivity contribution in [3.8, 4) is 5.75 Å². The largest absolute Gasteiger partial charge is 0.496 e. The van der Waals surface area contributed by atoms with Crippen molar-refractivity contribution < 1.29 is 14.3 Å². The first-order chi connectivity index (χ1) is 10.0. The Morgan fingerprint density at radius 1 is 1.43 bits per heavy atom. The highest BCUT2D eigenvalue weighted by atomic mass is 35.5. The number of hydrogen-bond donors (Lipinski definition) is 1. The topological polar surface area (TPSA) is 58.6 Å². The molecule has 1 heterocycles. The maximum Gasteiger partial charge on any atom is 0.245 e. The van der Waals surface area contributed by atoms with Crippen LogP contribution in [0.1, 0.15) is 25.3 Å². The number of rotatable bonds is 5. The lowest BCUT2D eigenvalue weighted by molar-refractivity contribution is -0.145. The normalized spacial score (nSPS) is 18.6. The van der Waals surface area contributed by atoms with E-state index >= 15 is 0 Å². The Morgan fingerprint density at radius 3 is 2.86 bits per heavy atom. The molecule has 0 saturated carbocycles. The average molecular weight is 311 g/mol. The van der Waals surface area contributed by atoms with Crippen LogP contribution in [0.15, 0.2) is 18.2 Å². The summed E-state index contributed by atoms with van der Waals surface area (Å²) in [6, 6.07) is 4.82. The SMILES string of the molecule is CCCC1NC(=O)CN(Cc2cc(Cl)ccc2OC)C1=O. The van der Waals surface area contributed by atoms with Gasteiger partial charge in [-0.3, -0.25) is 9.59 Å². The van der Waals surface area contributed by atoms with E-state index in [-0.39, 0.29) is 18.4 Å². The first kappa shape index (κ1) is 15.6. The fraction of sp³-hybridized carbons (Fsp3) is 0.467. The summed E-state index contributed by atoms with van der Waals surface area (Å²) in [7, 11) is 1.57. The van der Waals surface area contributed by atoms with Gasteiger partial charge in [0.25, 0.3) is 0 Å². The monoisotopic (exact) mass is 310 g/mol. The maximum atomic E-state index is 12.4. The van der Waals surface area contributed by atoms with E-state index < -0.39 is 6.04 Å². The van der Waals surface area contributed by atoms with Gasteiger partial charge in [0.15, 0.2) is 0 Å². The van der Waals surface area contributed by atoms with Crippen molar-refractivity contribution in [3.05, 3.63) is 28.8 Å². The summed E-state index contributed by atoms with van der Waals surface area (Å²) in [4.78, 5) is 25.7. The molecule has 6 heteroatoms. The van der Waals surface area contributed by atoms with E-state index in [2.05, 4.69) is 5.32 Å². The van der Waals surface area contributed by atoms with Crippen LogP contribution in [0.2, 0.25) is 5.02 Å². The number of ether oxygens (including phenoxy) is 1. The van der Waals surface area contributed by atoms with Crippen LogP contribution in [0.4, 0.5) is 0 Å². The van der Waals surface area contributed by atoms with Crippen LogP contribution in [0.5, 0.6) is 5.75 Å². The van der Waals surface area contributed by atoms with E-state index in [1.54, 1.807) is 30.2 Å². The number of nitrogens with zero attached hydrogens (tertiary/aromatic N) is 1. The van der Waals surface area contributed by atoms with Gasteiger partial charge < -0.3 is 15.0 Å². The number of carbonyl (C=O) groups is 2. The van der Waals surface area contributed by atoms with Crippen molar-refractivity contribution in [2.75, 3.05) is 13.7 Å². The van der Waals surface area contributed by atoms with Gasteiger partial charge in [0, 0.05) is 17.1 Å². The summed E-state index contributed by atoms with van der Waals surface area (Å²) in [5.74, 6) is 0.470. The molecule has 0 spiro atoms. The molecule has 114 valence electrons. The molecule has 0 bridgehead atoms. The summed E-state index contributed by atoms with van der Waals surface area (Å²) in [5, 5.41) is 3.31. The number of halogens is 1. The highest BCUT2D eigenvalue weighted by Gasteiger charge is 2.32. The second-order valence-electron chi connectivity index (χ2n) is 5.06. The zero-order valence-corrected chi connectivity index (χ0v) is 12.9. The Bertz CT molecular complexity index is 548. The summed E-state index contributed by atoms with van der Waals surface area (Å²) in [6.45, 7) is 2.36. The Morgan fingerprint density at radius 2 is 2.19 bits per heavy atom. The second-order valence-corrected chi connectivity index (χ2v) is 5.50. The molecule has 0 aromatic heterocycles. The quantitative estimate of drug-likeness (QED) is 0.904. The van der Waals surface area contributed by atoms with Crippen LogP contribution in [-0.4, -0.2) is 36.4 Å². The zero-order valence-electron chi connectivity index (χ0n) is 12.2. The minimum atomic E-state index is -0.429. The number of carbonyl (C=O) groups excluding carboxylic acids is 2. The first-order valence-corrected chi connectivity index (χ1v) is 7.33. The third-order valence-corrected chi connectivity index (χ3v) is 3.70. The molecule has 21 heavy (non-hydrogen) atoms. The highest BCUT2D eigenvalue weighted by molar-refractivity contribution is 6.30. The number of nitrogens with one attached hydrogen (secondary N) is 1. The molecule has 2 amide bonds. The molecule has 1 aliphatic rings. The maximum absolute atomic E-state index is 12.4. The van der Waals surface area contributed by atoms with Crippen molar-refractivity contribution in [2.24, 2.45) is 0 Å². The molecule has 1 aliphatic heterocycles. The van der Waals surface area contributed by atoms with Gasteiger partial charge in [-0.25, -0.2) is 0 Å². The molecule has 1 aromatic rings. The lowest BCUT2D eigenvalue weighted by atomic mass is 10.1. The molecule has 0 radical (unpaired) electrons. The summed E-state index contributed by atoms with van der Waals surface area (Å²) >= 11 is 6.00. The van der Waals surface area contributed by atoms with Crippen molar-refractivity contribution in [1.29, 1.82) is 0 Å². The number of methoxy groups -OCH3 is 1. The smallest absolute Gasteiger partial charge is 0.245 e. The Kier molecular flexibility index (Phi) is 5.07. The molecular weight excluding hydrogens is 292 g/mol. The number of benzene rings is 1. The van der Waals surface area contributed by atoms with E-state index in [4.69, 9.17) is 16.3 Å². The highest BCUT2D eigenvalue weighted by Crippen LogP contribution is 2.25. The van der Waals surface area contributed by atoms with Crippen LogP contribution in [0.25, 0.3) is 0 Å². The van der Waals surface area contributed by atoms with Gasteiger partial charge in [0.2, 0.25) is 11.8 Å². The van der Waals surface area contributed by atoms with Crippen LogP contribution in [-0.2, 0) is 16.1 Å². The second kappa shape index (κ2) is 6.80. The molecular formula is C15H19ClN2O3. The third-order valence-electron chi connectivity index (χ3n) is 3.46. The van der Waals surface area contributed by atoms with E-state index in [0.29, 0.717) is 23.7 Å². The lowest BCUT2D eigenvalue weighted by Gasteiger charge is -2.32. The Balaban J connectivity index is 2.19. The minimum Gasteiger partial charge on any atom is -0.496 e. The molecule has 5 nitrogen and oxygen atoms in total.